The average Bonchev–Trinajstić information content (AvgIpc) is 3.11. The summed E-state index contributed by atoms with van der Waals surface area (Å²) in [6.45, 7) is 0. The van der Waals surface area contributed by atoms with Gasteiger partial charge in [0.2, 0.25) is 0 Å². The summed E-state index contributed by atoms with van der Waals surface area (Å²) < 4.78 is 0. The van der Waals surface area contributed by atoms with E-state index in [0.29, 0.717) is 0 Å². The minimum Gasteiger partial charge on any atom is -0.0851 e. The van der Waals surface area contributed by atoms with Crippen LogP contribution in [0.25, 0.3) is 11.1 Å². The molecule has 3 atom stereocenters. The average molecular weight is 246 g/mol. The van der Waals surface area contributed by atoms with Gasteiger partial charge in [-0.2, -0.15) is 0 Å². The van der Waals surface area contributed by atoms with E-state index >= 15 is 0 Å². The van der Waals surface area contributed by atoms with Crippen LogP contribution in [-0.2, 0) is 0 Å². The van der Waals surface area contributed by atoms with Crippen LogP contribution in [0, 0.1) is 11.8 Å². The highest BCUT2D eigenvalue weighted by Gasteiger charge is 2.36. The first-order valence-corrected chi connectivity index (χ1v) is 7.24. The Morgan fingerprint density at radius 1 is 0.684 bits per heavy atom. The van der Waals surface area contributed by atoms with Crippen LogP contribution in [0.1, 0.15) is 24.3 Å². The second kappa shape index (κ2) is 4.38. The molecule has 0 nitrogen and oxygen atoms in total. The maximum Gasteiger partial charge on any atom is -0.00932 e. The maximum atomic E-state index is 2.43. The van der Waals surface area contributed by atoms with E-state index in [0.717, 1.165) is 17.8 Å². The van der Waals surface area contributed by atoms with Gasteiger partial charge in [-0.25, -0.2) is 0 Å². The van der Waals surface area contributed by atoms with E-state index in [1.54, 1.807) is 0 Å². The Hall–Kier alpha value is -1.82. The van der Waals surface area contributed by atoms with E-state index in [1.165, 1.54) is 29.5 Å². The summed E-state index contributed by atoms with van der Waals surface area (Å²) in [4.78, 5) is 0. The Morgan fingerprint density at radius 2 is 1.42 bits per heavy atom. The predicted octanol–water partition coefficient (Wildman–Crippen LogP) is 5.03. The van der Waals surface area contributed by atoms with Gasteiger partial charge in [-0.1, -0.05) is 66.7 Å². The second-order valence-corrected chi connectivity index (χ2v) is 5.87. The Bertz CT molecular complexity index is 592. The van der Waals surface area contributed by atoms with E-state index in [1.807, 2.05) is 0 Å². The molecule has 2 aromatic carbocycles. The van der Waals surface area contributed by atoms with Crippen LogP contribution in [0.2, 0.25) is 0 Å². The molecule has 1 saturated carbocycles. The summed E-state index contributed by atoms with van der Waals surface area (Å²) in [5.74, 6) is 2.41. The van der Waals surface area contributed by atoms with E-state index in [9.17, 15) is 0 Å². The molecule has 2 aromatic rings. The molecule has 0 saturated heterocycles. The largest absolute Gasteiger partial charge is 0.0851 e. The molecule has 0 heteroatoms. The molecule has 3 unspecified atom stereocenters. The Labute approximate surface area is 114 Å². The normalized spacial score (nSPS) is 27.9. The van der Waals surface area contributed by atoms with Crippen molar-refractivity contribution in [1.82, 2.24) is 0 Å². The molecule has 0 amide bonds. The molecule has 19 heavy (non-hydrogen) atoms. The lowest BCUT2D eigenvalue weighted by atomic mass is 9.86. The van der Waals surface area contributed by atoms with Crippen molar-refractivity contribution >= 4 is 0 Å². The van der Waals surface area contributed by atoms with Crippen LogP contribution in [0.5, 0.6) is 0 Å². The third kappa shape index (κ3) is 1.92. The number of hydrogen-bond donors (Lipinski definition) is 0. The van der Waals surface area contributed by atoms with Gasteiger partial charge in [-0.15, -0.1) is 0 Å². The molecule has 0 N–H and O–H groups in total. The van der Waals surface area contributed by atoms with Crippen molar-refractivity contribution in [3.8, 4) is 11.1 Å². The maximum absolute atomic E-state index is 2.43. The molecule has 0 radical (unpaired) electrons. The molecule has 0 aromatic heterocycles. The van der Waals surface area contributed by atoms with Crippen molar-refractivity contribution in [2.75, 3.05) is 0 Å². The van der Waals surface area contributed by atoms with Crippen molar-refractivity contribution in [1.29, 1.82) is 0 Å². The Balaban J connectivity index is 1.62. The third-order valence-corrected chi connectivity index (χ3v) is 4.72. The predicted molar refractivity (Wildman–Crippen MR) is 80.0 cm³/mol. The lowest BCUT2D eigenvalue weighted by molar-refractivity contribution is 0.586. The highest BCUT2D eigenvalue weighted by Crippen LogP contribution is 2.48. The van der Waals surface area contributed by atoms with Crippen molar-refractivity contribution in [2.45, 2.75) is 18.8 Å². The number of allylic oxidation sites excluding steroid dienone is 2. The first-order valence-electron chi connectivity index (χ1n) is 7.24. The van der Waals surface area contributed by atoms with Gasteiger partial charge in [0.1, 0.15) is 0 Å². The van der Waals surface area contributed by atoms with Crippen LogP contribution in [-0.4, -0.2) is 0 Å². The van der Waals surface area contributed by atoms with Gasteiger partial charge in [0.25, 0.3) is 0 Å². The first-order chi connectivity index (χ1) is 9.40. The van der Waals surface area contributed by atoms with Crippen LogP contribution in [0.15, 0.2) is 66.7 Å². The molecule has 2 aliphatic carbocycles. The first kappa shape index (κ1) is 11.0. The molecule has 4 rings (SSSR count). The van der Waals surface area contributed by atoms with Gasteiger partial charge in [0.15, 0.2) is 0 Å². The molecular formula is C19H18. The number of rotatable bonds is 2. The topological polar surface area (TPSA) is 0 Å². The minimum absolute atomic E-state index is 0.764. The fraction of sp³-hybridized carbons (Fsp3) is 0.263. The monoisotopic (exact) mass is 246 g/mol. The fourth-order valence-electron chi connectivity index (χ4n) is 3.72. The lowest BCUT2D eigenvalue weighted by Crippen LogP contribution is -2.04. The van der Waals surface area contributed by atoms with Crippen LogP contribution < -0.4 is 0 Å². The molecule has 94 valence electrons. The summed E-state index contributed by atoms with van der Waals surface area (Å²) in [6.07, 6.45) is 7.58. The van der Waals surface area contributed by atoms with E-state index in [-0.39, 0.29) is 0 Å². The zero-order valence-electron chi connectivity index (χ0n) is 11.0. The zero-order chi connectivity index (χ0) is 12.7. The molecule has 0 heterocycles. The Kier molecular flexibility index (Phi) is 2.55. The molecule has 2 bridgehead atoms. The number of fused-ring (bicyclic) bond motifs is 2. The smallest absolute Gasteiger partial charge is 0.00932 e. The van der Waals surface area contributed by atoms with Gasteiger partial charge in [0.05, 0.1) is 0 Å². The molecule has 2 aliphatic rings. The van der Waals surface area contributed by atoms with Crippen LogP contribution in [0.3, 0.4) is 0 Å². The van der Waals surface area contributed by atoms with Gasteiger partial charge < -0.3 is 0 Å². The second-order valence-electron chi connectivity index (χ2n) is 5.87. The van der Waals surface area contributed by atoms with E-state index in [4.69, 9.17) is 0 Å². The highest BCUT2D eigenvalue weighted by atomic mass is 14.4. The third-order valence-electron chi connectivity index (χ3n) is 4.72. The molecule has 1 fully saturated rings. The van der Waals surface area contributed by atoms with E-state index < -0.39 is 0 Å². The van der Waals surface area contributed by atoms with Crippen molar-refractivity contribution in [3.05, 3.63) is 72.3 Å². The quantitative estimate of drug-likeness (QED) is 0.652. The number of hydrogen-bond acceptors (Lipinski definition) is 0. The molecule has 0 spiro atoms. The fourth-order valence-corrected chi connectivity index (χ4v) is 3.72. The summed E-state index contributed by atoms with van der Waals surface area (Å²) in [5, 5.41) is 0. The van der Waals surface area contributed by atoms with E-state index in [2.05, 4.69) is 66.7 Å². The zero-order valence-corrected chi connectivity index (χ0v) is 11.0. The highest BCUT2D eigenvalue weighted by molar-refractivity contribution is 5.63. The van der Waals surface area contributed by atoms with Crippen molar-refractivity contribution in [3.63, 3.8) is 0 Å². The van der Waals surface area contributed by atoms with Crippen LogP contribution >= 0.6 is 0 Å². The van der Waals surface area contributed by atoms with Crippen LogP contribution in [0.4, 0.5) is 0 Å². The summed E-state index contributed by atoms with van der Waals surface area (Å²) in [6, 6.07) is 19.8. The van der Waals surface area contributed by atoms with Gasteiger partial charge >= 0.3 is 0 Å². The van der Waals surface area contributed by atoms with Gasteiger partial charge in [-0.3, -0.25) is 0 Å². The summed E-state index contributed by atoms with van der Waals surface area (Å²) in [7, 11) is 0. The van der Waals surface area contributed by atoms with Crippen molar-refractivity contribution in [2.24, 2.45) is 11.8 Å². The summed E-state index contributed by atoms with van der Waals surface area (Å²) >= 11 is 0. The van der Waals surface area contributed by atoms with Gasteiger partial charge in [-0.05, 0) is 47.3 Å². The summed E-state index contributed by atoms with van der Waals surface area (Å²) in [5.41, 5.74) is 4.15. The van der Waals surface area contributed by atoms with Crippen molar-refractivity contribution < 1.29 is 0 Å². The molecule has 0 aliphatic heterocycles. The Morgan fingerprint density at radius 3 is 2.05 bits per heavy atom. The SMILES string of the molecule is C1=CC2CC1CC2c1ccc(-c2ccccc2)cc1. The number of benzene rings is 2. The van der Waals surface area contributed by atoms with Gasteiger partial charge in [0, 0.05) is 0 Å². The standard InChI is InChI=1S/C19H18/c1-2-4-15(5-3-1)16-8-10-17(11-9-16)19-13-14-6-7-18(19)12-14/h1-11,14,18-19H,12-13H2. The minimum atomic E-state index is 0.764. The lowest BCUT2D eigenvalue weighted by Gasteiger charge is -2.18. The molecular weight excluding hydrogens is 228 g/mol.